The zero-order valence-electron chi connectivity index (χ0n) is 14.9. The Bertz CT molecular complexity index is 764. The molecule has 1 heterocycles. The second-order valence-corrected chi connectivity index (χ2v) is 6.73. The molecule has 0 saturated heterocycles. The number of hydrogen-bond donors (Lipinski definition) is 2. The Morgan fingerprint density at radius 2 is 1.50 bits per heavy atom. The van der Waals surface area contributed by atoms with E-state index in [1.54, 1.807) is 26.0 Å². The molecule has 3 aromatic rings. The standard InChI is InChI=1S/C20H22N2O3S/c1-24-16-8-4-14(5-9-16)18-19(15-6-10-17(25-2)11-7-15)22-20(21-18)26-13-3-12-23/h4-11,23H,3,12-13H2,1-2H3,(H,21,22). The van der Waals surface area contributed by atoms with Gasteiger partial charge in [-0.15, -0.1) is 0 Å². The average molecular weight is 370 g/mol. The minimum absolute atomic E-state index is 0.185. The molecular formula is C20H22N2O3S. The fourth-order valence-electron chi connectivity index (χ4n) is 2.58. The molecule has 0 unspecified atom stereocenters. The lowest BCUT2D eigenvalue weighted by atomic mass is 10.0. The first-order valence-corrected chi connectivity index (χ1v) is 9.36. The molecule has 1 aromatic heterocycles. The number of methoxy groups -OCH3 is 2. The van der Waals surface area contributed by atoms with E-state index < -0.39 is 0 Å². The minimum atomic E-state index is 0.185. The quantitative estimate of drug-likeness (QED) is 0.459. The van der Waals surface area contributed by atoms with Crippen molar-refractivity contribution in [1.29, 1.82) is 0 Å². The van der Waals surface area contributed by atoms with Crippen molar-refractivity contribution in [1.82, 2.24) is 9.97 Å². The van der Waals surface area contributed by atoms with Crippen LogP contribution in [0, 0.1) is 0 Å². The third-order valence-corrected chi connectivity index (χ3v) is 4.93. The summed E-state index contributed by atoms with van der Waals surface area (Å²) in [6, 6.07) is 15.8. The van der Waals surface area contributed by atoms with Crippen LogP contribution in [0.4, 0.5) is 0 Å². The minimum Gasteiger partial charge on any atom is -0.497 e. The summed E-state index contributed by atoms with van der Waals surface area (Å²) >= 11 is 1.61. The molecule has 0 fully saturated rings. The van der Waals surface area contributed by atoms with Crippen molar-refractivity contribution in [2.45, 2.75) is 11.6 Å². The summed E-state index contributed by atoms with van der Waals surface area (Å²) in [5, 5.41) is 9.83. The lowest BCUT2D eigenvalue weighted by Crippen LogP contribution is -1.87. The van der Waals surface area contributed by atoms with Crippen LogP contribution in [0.25, 0.3) is 22.5 Å². The number of aliphatic hydroxyl groups excluding tert-OH is 1. The number of ether oxygens (including phenoxy) is 2. The Morgan fingerprint density at radius 1 is 0.923 bits per heavy atom. The lowest BCUT2D eigenvalue weighted by molar-refractivity contribution is 0.296. The fourth-order valence-corrected chi connectivity index (χ4v) is 3.37. The third kappa shape index (κ3) is 4.20. The van der Waals surface area contributed by atoms with Crippen molar-refractivity contribution >= 4 is 11.8 Å². The number of aliphatic hydroxyl groups is 1. The van der Waals surface area contributed by atoms with Gasteiger partial charge < -0.3 is 19.6 Å². The van der Waals surface area contributed by atoms with Gasteiger partial charge in [0.05, 0.1) is 25.6 Å². The number of imidazole rings is 1. The molecule has 0 aliphatic carbocycles. The van der Waals surface area contributed by atoms with Gasteiger partial charge in [0.2, 0.25) is 0 Å². The molecule has 0 radical (unpaired) electrons. The highest BCUT2D eigenvalue weighted by Gasteiger charge is 2.15. The van der Waals surface area contributed by atoms with E-state index in [1.165, 1.54) is 0 Å². The van der Waals surface area contributed by atoms with E-state index in [0.29, 0.717) is 0 Å². The number of nitrogens with zero attached hydrogens (tertiary/aromatic N) is 1. The number of aromatic nitrogens is 2. The summed E-state index contributed by atoms with van der Waals surface area (Å²) in [4.78, 5) is 8.20. The Hall–Kier alpha value is -2.44. The van der Waals surface area contributed by atoms with Gasteiger partial charge in [0.1, 0.15) is 11.5 Å². The molecule has 0 aliphatic rings. The van der Waals surface area contributed by atoms with Gasteiger partial charge in [-0.1, -0.05) is 11.8 Å². The predicted octanol–water partition coefficient (Wildman–Crippen LogP) is 4.24. The van der Waals surface area contributed by atoms with Gasteiger partial charge in [-0.25, -0.2) is 4.98 Å². The summed E-state index contributed by atoms with van der Waals surface area (Å²) in [5.74, 6) is 2.44. The van der Waals surface area contributed by atoms with Gasteiger partial charge in [-0.05, 0) is 55.0 Å². The Kier molecular flexibility index (Phi) is 6.20. The molecule has 0 bridgehead atoms. The normalized spacial score (nSPS) is 10.7. The van der Waals surface area contributed by atoms with Crippen molar-refractivity contribution in [3.05, 3.63) is 48.5 Å². The van der Waals surface area contributed by atoms with Crippen LogP contribution in [0.5, 0.6) is 11.5 Å². The van der Waals surface area contributed by atoms with Crippen LogP contribution in [0.15, 0.2) is 53.7 Å². The maximum atomic E-state index is 8.99. The van der Waals surface area contributed by atoms with E-state index in [1.807, 2.05) is 48.5 Å². The number of benzene rings is 2. The Labute approximate surface area is 157 Å². The second-order valence-electron chi connectivity index (χ2n) is 5.65. The average Bonchev–Trinajstić information content (AvgIpc) is 3.12. The smallest absolute Gasteiger partial charge is 0.166 e. The molecule has 26 heavy (non-hydrogen) atoms. The van der Waals surface area contributed by atoms with E-state index in [9.17, 15) is 0 Å². The van der Waals surface area contributed by atoms with Crippen LogP contribution in [-0.4, -0.2) is 41.7 Å². The van der Waals surface area contributed by atoms with Gasteiger partial charge >= 0.3 is 0 Å². The number of hydrogen-bond acceptors (Lipinski definition) is 5. The van der Waals surface area contributed by atoms with Gasteiger partial charge in [0.15, 0.2) is 5.16 Å². The molecule has 136 valence electrons. The molecular weight excluding hydrogens is 348 g/mol. The first-order valence-electron chi connectivity index (χ1n) is 8.37. The number of thioether (sulfide) groups is 1. The first-order chi connectivity index (χ1) is 12.7. The topological polar surface area (TPSA) is 67.4 Å². The van der Waals surface area contributed by atoms with Crippen molar-refractivity contribution in [3.8, 4) is 34.0 Å². The van der Waals surface area contributed by atoms with Gasteiger partial charge in [-0.2, -0.15) is 0 Å². The molecule has 2 N–H and O–H groups in total. The van der Waals surface area contributed by atoms with Crippen molar-refractivity contribution in [3.63, 3.8) is 0 Å². The zero-order chi connectivity index (χ0) is 18.4. The molecule has 3 rings (SSSR count). The molecule has 0 saturated carbocycles. The maximum absolute atomic E-state index is 8.99. The fraction of sp³-hybridized carbons (Fsp3) is 0.250. The molecule has 0 atom stereocenters. The molecule has 0 amide bonds. The number of H-pyrrole nitrogens is 1. The number of rotatable bonds is 8. The molecule has 2 aromatic carbocycles. The summed E-state index contributed by atoms with van der Waals surface area (Å²) in [6.45, 7) is 0.185. The highest BCUT2D eigenvalue weighted by molar-refractivity contribution is 7.99. The van der Waals surface area contributed by atoms with E-state index in [2.05, 4.69) is 4.98 Å². The largest absolute Gasteiger partial charge is 0.497 e. The van der Waals surface area contributed by atoms with E-state index in [-0.39, 0.29) is 6.61 Å². The van der Waals surface area contributed by atoms with Gasteiger partial charge in [-0.3, -0.25) is 0 Å². The summed E-state index contributed by atoms with van der Waals surface area (Å²) in [7, 11) is 3.31. The SMILES string of the molecule is COc1ccc(-c2nc(SCCCO)[nH]c2-c2ccc(OC)cc2)cc1. The molecule has 0 aliphatic heterocycles. The van der Waals surface area contributed by atoms with Crippen molar-refractivity contribution in [2.75, 3.05) is 26.6 Å². The zero-order valence-corrected chi connectivity index (χ0v) is 15.7. The van der Waals surface area contributed by atoms with Crippen LogP contribution in [-0.2, 0) is 0 Å². The lowest BCUT2D eigenvalue weighted by Gasteiger charge is -2.06. The van der Waals surface area contributed by atoms with Gasteiger partial charge in [0.25, 0.3) is 0 Å². The van der Waals surface area contributed by atoms with Crippen LogP contribution in [0.1, 0.15) is 6.42 Å². The number of aromatic amines is 1. The highest BCUT2D eigenvalue weighted by Crippen LogP contribution is 2.34. The van der Waals surface area contributed by atoms with E-state index in [4.69, 9.17) is 19.6 Å². The maximum Gasteiger partial charge on any atom is 0.166 e. The van der Waals surface area contributed by atoms with E-state index in [0.717, 1.165) is 51.3 Å². The molecule has 5 nitrogen and oxygen atoms in total. The molecule has 6 heteroatoms. The van der Waals surface area contributed by atoms with Crippen LogP contribution in [0.3, 0.4) is 0 Å². The van der Waals surface area contributed by atoms with Crippen LogP contribution >= 0.6 is 11.8 Å². The Balaban J connectivity index is 1.98. The third-order valence-electron chi connectivity index (χ3n) is 3.97. The predicted molar refractivity (Wildman–Crippen MR) is 105 cm³/mol. The highest BCUT2D eigenvalue weighted by atomic mass is 32.2. The summed E-state index contributed by atoms with van der Waals surface area (Å²) in [6.07, 6.45) is 0.737. The van der Waals surface area contributed by atoms with Crippen LogP contribution in [0.2, 0.25) is 0 Å². The summed E-state index contributed by atoms with van der Waals surface area (Å²) < 4.78 is 10.5. The number of nitrogens with one attached hydrogen (secondary N) is 1. The molecule has 0 spiro atoms. The van der Waals surface area contributed by atoms with Crippen LogP contribution < -0.4 is 9.47 Å². The van der Waals surface area contributed by atoms with Crippen molar-refractivity contribution < 1.29 is 14.6 Å². The monoisotopic (exact) mass is 370 g/mol. The second kappa shape index (κ2) is 8.78. The first kappa shape index (κ1) is 18.4. The van der Waals surface area contributed by atoms with Crippen molar-refractivity contribution in [2.24, 2.45) is 0 Å². The Morgan fingerprint density at radius 3 is 2.04 bits per heavy atom. The van der Waals surface area contributed by atoms with E-state index >= 15 is 0 Å². The van der Waals surface area contributed by atoms with Gasteiger partial charge in [0, 0.05) is 23.5 Å². The summed E-state index contributed by atoms with van der Waals surface area (Å²) in [5.41, 5.74) is 3.91.